The van der Waals surface area contributed by atoms with E-state index in [1.807, 2.05) is 36.4 Å². The second kappa shape index (κ2) is 7.15. The summed E-state index contributed by atoms with van der Waals surface area (Å²) in [5.74, 6) is 2.02. The summed E-state index contributed by atoms with van der Waals surface area (Å²) in [5.41, 5.74) is 0.906. The van der Waals surface area contributed by atoms with E-state index in [4.69, 9.17) is 4.74 Å². The first kappa shape index (κ1) is 17.9. The van der Waals surface area contributed by atoms with Gasteiger partial charge in [-0.05, 0) is 18.4 Å². The van der Waals surface area contributed by atoms with Crippen LogP contribution in [0.4, 0.5) is 18.9 Å². The number of nitrogens with zero attached hydrogens (tertiary/aromatic N) is 4. The minimum Gasteiger partial charge on any atom is -0.478 e. The van der Waals surface area contributed by atoms with Gasteiger partial charge >= 0.3 is 6.18 Å². The van der Waals surface area contributed by atoms with Crippen molar-refractivity contribution in [2.24, 2.45) is 0 Å². The lowest BCUT2D eigenvalue weighted by Crippen LogP contribution is -2.34. The molecular weight excluding hydrogens is 353 g/mol. The predicted octanol–water partition coefficient (Wildman–Crippen LogP) is 3.32. The van der Waals surface area contributed by atoms with Gasteiger partial charge < -0.3 is 9.64 Å². The lowest BCUT2D eigenvalue weighted by atomic mass is 10.2. The van der Waals surface area contributed by atoms with Crippen molar-refractivity contribution in [2.45, 2.75) is 25.2 Å². The summed E-state index contributed by atoms with van der Waals surface area (Å²) < 4.78 is 45.6. The van der Waals surface area contributed by atoms with Gasteiger partial charge in [0.2, 0.25) is 0 Å². The third-order valence-corrected chi connectivity index (χ3v) is 4.49. The Morgan fingerprint density at radius 1 is 1.32 bits per heavy atom. The van der Waals surface area contributed by atoms with Crippen molar-refractivity contribution in [1.82, 2.24) is 14.8 Å². The van der Waals surface area contributed by atoms with Gasteiger partial charge in [-0.15, -0.1) is 0 Å². The van der Waals surface area contributed by atoms with Gasteiger partial charge in [0.1, 0.15) is 12.3 Å². The Morgan fingerprint density at radius 3 is 2.80 bits per heavy atom. The van der Waals surface area contributed by atoms with Gasteiger partial charge in [-0.3, -0.25) is 0 Å². The molecule has 0 aliphatic carbocycles. The molecule has 0 saturated heterocycles. The molecule has 0 unspecified atom stereocenters. The first-order valence-electron chi connectivity index (χ1n) is 7.83. The molecule has 5 nitrogen and oxygen atoms in total. The first-order chi connectivity index (χ1) is 11.9. The molecule has 0 amide bonds. The van der Waals surface area contributed by atoms with E-state index in [0.717, 1.165) is 16.1 Å². The van der Waals surface area contributed by atoms with Crippen molar-refractivity contribution in [2.75, 3.05) is 30.5 Å². The monoisotopic (exact) mass is 372 g/mol. The molecule has 2 heterocycles. The second-order valence-electron chi connectivity index (χ2n) is 5.86. The van der Waals surface area contributed by atoms with Gasteiger partial charge in [0.05, 0.1) is 12.2 Å². The van der Waals surface area contributed by atoms with E-state index in [0.29, 0.717) is 24.5 Å². The number of aryl methyl sites for hydroxylation is 1. The number of hydrogen-bond acceptors (Lipinski definition) is 5. The zero-order valence-corrected chi connectivity index (χ0v) is 14.8. The maximum atomic E-state index is 12.9. The molecule has 0 bridgehead atoms. The van der Waals surface area contributed by atoms with Crippen LogP contribution in [0.25, 0.3) is 0 Å². The molecule has 1 aliphatic heterocycles. The van der Waals surface area contributed by atoms with E-state index in [1.165, 1.54) is 0 Å². The zero-order valence-electron chi connectivity index (χ0n) is 14.0. The molecule has 0 spiro atoms. The highest BCUT2D eigenvalue weighted by molar-refractivity contribution is 7.98. The number of likely N-dealkylation sites (N-methyl/N-ethyl adjacent to an activating group) is 1. The number of aromatic nitrogens is 3. The Kier molecular flexibility index (Phi) is 5.12. The molecule has 136 valence electrons. The van der Waals surface area contributed by atoms with Crippen molar-refractivity contribution < 1.29 is 17.9 Å². The zero-order chi connectivity index (χ0) is 18.0. The fourth-order valence-electron chi connectivity index (χ4n) is 2.77. The summed E-state index contributed by atoms with van der Waals surface area (Å²) in [4.78, 5) is 6.31. The van der Waals surface area contributed by atoms with E-state index < -0.39 is 18.8 Å². The van der Waals surface area contributed by atoms with Gasteiger partial charge in [-0.25, -0.2) is 9.67 Å². The van der Waals surface area contributed by atoms with Crippen LogP contribution < -0.4 is 9.64 Å². The van der Waals surface area contributed by atoms with Gasteiger partial charge in [0.25, 0.3) is 0 Å². The quantitative estimate of drug-likeness (QED) is 0.806. The normalized spacial score (nSPS) is 17.3. The maximum Gasteiger partial charge on any atom is 0.408 e. The number of thioether (sulfide) groups is 1. The fraction of sp³-hybridized carbons (Fsp3) is 0.500. The molecule has 0 radical (unpaired) electrons. The predicted molar refractivity (Wildman–Crippen MR) is 91.2 cm³/mol. The average Bonchev–Trinajstić information content (AvgIpc) is 2.93. The van der Waals surface area contributed by atoms with E-state index >= 15 is 0 Å². The Hall–Kier alpha value is -1.90. The molecule has 1 aromatic carbocycles. The van der Waals surface area contributed by atoms with Crippen LogP contribution in [0, 0.1) is 0 Å². The van der Waals surface area contributed by atoms with Crippen LogP contribution >= 0.6 is 11.8 Å². The van der Waals surface area contributed by atoms with E-state index in [9.17, 15) is 13.2 Å². The molecule has 25 heavy (non-hydrogen) atoms. The maximum absolute atomic E-state index is 12.9. The fourth-order valence-corrected chi connectivity index (χ4v) is 3.16. The standard InChI is InChI=1S/C16H19F3N4OS/c1-22-9-13(24-12-6-4-3-5-11(12)22)15-20-14(7-8-25-2)21-23(15)10-16(17,18)19/h3-6,13H,7-10H2,1-2H3/t13-/m1/s1. The number of para-hydroxylation sites is 2. The topological polar surface area (TPSA) is 43.2 Å². The summed E-state index contributed by atoms with van der Waals surface area (Å²) in [6.45, 7) is -0.755. The Labute approximate surface area is 148 Å². The van der Waals surface area contributed by atoms with Crippen LogP contribution in [0.5, 0.6) is 5.75 Å². The highest BCUT2D eigenvalue weighted by atomic mass is 32.2. The minimum atomic E-state index is -4.36. The molecule has 2 aromatic rings. The number of anilines is 1. The summed E-state index contributed by atoms with van der Waals surface area (Å²) >= 11 is 1.60. The first-order valence-corrected chi connectivity index (χ1v) is 9.23. The van der Waals surface area contributed by atoms with Crippen molar-refractivity contribution in [3.63, 3.8) is 0 Å². The van der Waals surface area contributed by atoms with Crippen molar-refractivity contribution in [3.8, 4) is 5.75 Å². The third-order valence-electron chi connectivity index (χ3n) is 3.88. The number of halogens is 3. The van der Waals surface area contributed by atoms with Gasteiger partial charge in [-0.2, -0.15) is 30.0 Å². The minimum absolute atomic E-state index is 0.217. The van der Waals surface area contributed by atoms with Gasteiger partial charge in [0.15, 0.2) is 17.8 Å². The Bertz CT molecular complexity index is 734. The van der Waals surface area contributed by atoms with Gasteiger partial charge in [-0.1, -0.05) is 12.1 Å². The number of ether oxygens (including phenoxy) is 1. The summed E-state index contributed by atoms with van der Waals surface area (Å²) in [6.07, 6.45) is -2.50. The van der Waals surface area contributed by atoms with E-state index in [1.54, 1.807) is 17.8 Å². The number of alkyl halides is 3. The van der Waals surface area contributed by atoms with Crippen molar-refractivity contribution in [3.05, 3.63) is 35.9 Å². The summed E-state index contributed by atoms with van der Waals surface area (Å²) in [7, 11) is 1.88. The second-order valence-corrected chi connectivity index (χ2v) is 6.84. The van der Waals surface area contributed by atoms with Crippen molar-refractivity contribution in [1.29, 1.82) is 0 Å². The van der Waals surface area contributed by atoms with Crippen LogP contribution in [0.1, 0.15) is 17.8 Å². The smallest absolute Gasteiger partial charge is 0.408 e. The van der Waals surface area contributed by atoms with Crippen LogP contribution in [-0.4, -0.2) is 46.5 Å². The van der Waals surface area contributed by atoms with Crippen LogP contribution in [0.3, 0.4) is 0 Å². The molecule has 9 heteroatoms. The number of fused-ring (bicyclic) bond motifs is 1. The molecule has 0 N–H and O–H groups in total. The number of benzene rings is 1. The van der Waals surface area contributed by atoms with Crippen molar-refractivity contribution >= 4 is 17.4 Å². The molecule has 1 aromatic heterocycles. The molecule has 0 saturated carbocycles. The van der Waals surface area contributed by atoms with Crippen LogP contribution in [0.15, 0.2) is 24.3 Å². The highest BCUT2D eigenvalue weighted by Gasteiger charge is 2.34. The molecule has 1 atom stereocenters. The summed E-state index contributed by atoms with van der Waals surface area (Å²) in [5, 5.41) is 4.06. The molecule has 3 rings (SSSR count). The summed E-state index contributed by atoms with van der Waals surface area (Å²) in [6, 6.07) is 7.44. The molecule has 0 fully saturated rings. The lowest BCUT2D eigenvalue weighted by molar-refractivity contribution is -0.143. The Balaban J connectivity index is 1.91. The van der Waals surface area contributed by atoms with Crippen LogP contribution in [-0.2, 0) is 13.0 Å². The SMILES string of the molecule is CSCCc1nc([C@H]2CN(C)c3ccccc3O2)n(CC(F)(F)F)n1. The average molecular weight is 372 g/mol. The van der Waals surface area contributed by atoms with Gasteiger partial charge in [0, 0.05) is 19.2 Å². The highest BCUT2D eigenvalue weighted by Crippen LogP contribution is 2.36. The Morgan fingerprint density at radius 2 is 2.08 bits per heavy atom. The lowest BCUT2D eigenvalue weighted by Gasteiger charge is -2.33. The van der Waals surface area contributed by atoms with Crippen LogP contribution in [0.2, 0.25) is 0 Å². The molecular formula is C16H19F3N4OS. The number of rotatable bonds is 5. The molecule has 1 aliphatic rings. The third kappa shape index (κ3) is 4.20. The number of hydrogen-bond donors (Lipinski definition) is 0. The van der Waals surface area contributed by atoms with E-state index in [2.05, 4.69) is 10.1 Å². The van der Waals surface area contributed by atoms with E-state index in [-0.39, 0.29) is 5.82 Å². The largest absolute Gasteiger partial charge is 0.478 e.